The number of hydrogen-bond acceptors (Lipinski definition) is 4. The molecule has 0 aliphatic carbocycles. The molecule has 0 saturated carbocycles. The van der Waals surface area contributed by atoms with E-state index in [4.69, 9.17) is 10.8 Å². The molecule has 0 spiro atoms. The van der Waals surface area contributed by atoms with E-state index in [1.165, 1.54) is 6.20 Å². The average Bonchev–Trinajstić information content (AvgIpc) is 2.07. The quantitative estimate of drug-likeness (QED) is 0.744. The van der Waals surface area contributed by atoms with Crippen molar-refractivity contribution in [3.05, 3.63) is 17.5 Å². The summed E-state index contributed by atoms with van der Waals surface area (Å²) in [6.45, 7) is 3.88. The lowest BCUT2D eigenvalue weighted by atomic mass is 10.0. The Morgan fingerprint density at radius 3 is 2.79 bits per heavy atom. The van der Waals surface area contributed by atoms with E-state index in [0.717, 1.165) is 0 Å². The van der Waals surface area contributed by atoms with Gasteiger partial charge in [0, 0.05) is 11.8 Å². The van der Waals surface area contributed by atoms with Gasteiger partial charge in [0.25, 0.3) is 0 Å². The van der Waals surface area contributed by atoms with Gasteiger partial charge in [0.15, 0.2) is 0 Å². The maximum atomic E-state index is 10.5. The van der Waals surface area contributed by atoms with Crippen LogP contribution in [0.2, 0.25) is 0 Å². The third-order valence-corrected chi connectivity index (χ3v) is 1.81. The van der Waals surface area contributed by atoms with Crippen molar-refractivity contribution in [2.45, 2.75) is 26.2 Å². The van der Waals surface area contributed by atoms with Gasteiger partial charge in [-0.2, -0.15) is 0 Å². The third-order valence-electron chi connectivity index (χ3n) is 1.81. The van der Waals surface area contributed by atoms with Crippen LogP contribution in [0.3, 0.4) is 0 Å². The fourth-order valence-electron chi connectivity index (χ4n) is 1.23. The molecule has 0 aliphatic heterocycles. The Kier molecular flexibility index (Phi) is 3.01. The summed E-state index contributed by atoms with van der Waals surface area (Å²) >= 11 is 0. The van der Waals surface area contributed by atoms with Crippen LogP contribution in [-0.2, 0) is 11.2 Å². The second-order valence-electron chi connectivity index (χ2n) is 3.36. The van der Waals surface area contributed by atoms with Gasteiger partial charge in [0.05, 0.1) is 12.1 Å². The van der Waals surface area contributed by atoms with Crippen molar-refractivity contribution in [1.82, 2.24) is 9.97 Å². The fraction of sp³-hybridized carbons (Fsp3) is 0.444. The van der Waals surface area contributed by atoms with Gasteiger partial charge in [-0.3, -0.25) is 4.79 Å². The molecule has 0 amide bonds. The number of nitrogens with two attached hydrogens (primary N) is 1. The molecule has 1 rings (SSSR count). The Balaban J connectivity index is 3.08. The van der Waals surface area contributed by atoms with Crippen LogP contribution in [0, 0.1) is 0 Å². The number of anilines is 1. The van der Waals surface area contributed by atoms with E-state index in [1.807, 2.05) is 13.8 Å². The molecule has 0 aliphatic rings. The molecule has 3 N–H and O–H groups in total. The molecule has 5 heteroatoms. The van der Waals surface area contributed by atoms with Crippen molar-refractivity contribution in [2.75, 3.05) is 5.73 Å². The van der Waals surface area contributed by atoms with Crippen LogP contribution >= 0.6 is 0 Å². The van der Waals surface area contributed by atoms with E-state index >= 15 is 0 Å². The summed E-state index contributed by atoms with van der Waals surface area (Å²) in [6, 6.07) is 0. The lowest BCUT2D eigenvalue weighted by Gasteiger charge is -2.09. The van der Waals surface area contributed by atoms with E-state index in [9.17, 15) is 4.79 Å². The first-order chi connectivity index (χ1) is 6.50. The first-order valence-electron chi connectivity index (χ1n) is 4.33. The highest BCUT2D eigenvalue weighted by Gasteiger charge is 2.12. The van der Waals surface area contributed by atoms with Gasteiger partial charge in [-0.05, 0) is 5.92 Å². The normalized spacial score (nSPS) is 10.5. The number of carboxylic acids is 1. The highest BCUT2D eigenvalue weighted by atomic mass is 16.4. The van der Waals surface area contributed by atoms with Crippen molar-refractivity contribution in [3.63, 3.8) is 0 Å². The Morgan fingerprint density at radius 1 is 1.64 bits per heavy atom. The Bertz CT molecular complexity index is 350. The molecular formula is C9H13N3O2. The van der Waals surface area contributed by atoms with Crippen molar-refractivity contribution in [2.24, 2.45) is 0 Å². The molecule has 0 unspecified atom stereocenters. The van der Waals surface area contributed by atoms with Crippen molar-refractivity contribution < 1.29 is 9.90 Å². The van der Waals surface area contributed by atoms with E-state index in [1.54, 1.807) is 0 Å². The predicted molar refractivity (Wildman–Crippen MR) is 51.9 cm³/mol. The zero-order chi connectivity index (χ0) is 10.7. The lowest BCUT2D eigenvalue weighted by Crippen LogP contribution is -2.09. The van der Waals surface area contributed by atoms with Crippen LogP contribution in [-0.4, -0.2) is 21.0 Å². The molecule has 14 heavy (non-hydrogen) atoms. The maximum absolute atomic E-state index is 10.5. The molecule has 5 nitrogen and oxygen atoms in total. The standard InChI is InChI=1S/C9H13N3O2/c1-5(2)8-6(3-7(13)14)4-11-9(10)12-8/h4-5H,3H2,1-2H3,(H,13,14)(H2,10,11,12). The maximum Gasteiger partial charge on any atom is 0.307 e. The number of aliphatic carboxylic acids is 1. The lowest BCUT2D eigenvalue weighted by molar-refractivity contribution is -0.136. The largest absolute Gasteiger partial charge is 0.481 e. The van der Waals surface area contributed by atoms with E-state index in [0.29, 0.717) is 11.3 Å². The van der Waals surface area contributed by atoms with Gasteiger partial charge < -0.3 is 10.8 Å². The zero-order valence-corrected chi connectivity index (χ0v) is 8.19. The number of rotatable bonds is 3. The van der Waals surface area contributed by atoms with Crippen molar-refractivity contribution in [1.29, 1.82) is 0 Å². The first-order valence-corrected chi connectivity index (χ1v) is 4.33. The van der Waals surface area contributed by atoms with E-state index in [-0.39, 0.29) is 18.3 Å². The van der Waals surface area contributed by atoms with Gasteiger partial charge in [0.2, 0.25) is 5.95 Å². The van der Waals surface area contributed by atoms with Crippen molar-refractivity contribution in [3.8, 4) is 0 Å². The Hall–Kier alpha value is -1.65. The van der Waals surface area contributed by atoms with Gasteiger partial charge in [-0.25, -0.2) is 9.97 Å². The molecule has 0 saturated heterocycles. The molecule has 0 aromatic carbocycles. The fourth-order valence-corrected chi connectivity index (χ4v) is 1.23. The summed E-state index contributed by atoms with van der Waals surface area (Å²) in [5.74, 6) is -0.558. The van der Waals surface area contributed by atoms with Gasteiger partial charge >= 0.3 is 5.97 Å². The number of aromatic nitrogens is 2. The third kappa shape index (κ3) is 2.42. The molecular weight excluding hydrogens is 182 g/mol. The van der Waals surface area contributed by atoms with Gasteiger partial charge in [-0.15, -0.1) is 0 Å². The molecule has 0 bridgehead atoms. The summed E-state index contributed by atoms with van der Waals surface area (Å²) in [4.78, 5) is 18.3. The minimum Gasteiger partial charge on any atom is -0.481 e. The molecule has 0 atom stereocenters. The molecule has 0 fully saturated rings. The summed E-state index contributed by atoms with van der Waals surface area (Å²) in [5.41, 5.74) is 6.76. The van der Waals surface area contributed by atoms with Crippen LogP contribution in [0.15, 0.2) is 6.20 Å². The van der Waals surface area contributed by atoms with E-state index < -0.39 is 5.97 Å². The minimum atomic E-state index is -0.889. The number of nitrogens with zero attached hydrogens (tertiary/aromatic N) is 2. The van der Waals surface area contributed by atoms with Crippen LogP contribution in [0.4, 0.5) is 5.95 Å². The topological polar surface area (TPSA) is 89.1 Å². The second-order valence-corrected chi connectivity index (χ2v) is 3.36. The summed E-state index contributed by atoms with van der Waals surface area (Å²) < 4.78 is 0. The highest BCUT2D eigenvalue weighted by molar-refractivity contribution is 5.70. The summed E-state index contributed by atoms with van der Waals surface area (Å²) in [5, 5.41) is 8.66. The minimum absolute atomic E-state index is 0.0617. The van der Waals surface area contributed by atoms with Crippen molar-refractivity contribution >= 4 is 11.9 Å². The van der Waals surface area contributed by atoms with Crippen LogP contribution in [0.25, 0.3) is 0 Å². The predicted octanol–water partition coefficient (Wildman–Crippen LogP) is 0.809. The second kappa shape index (κ2) is 4.04. The SMILES string of the molecule is CC(C)c1nc(N)ncc1CC(=O)O. The average molecular weight is 195 g/mol. The molecule has 1 aromatic rings. The van der Waals surface area contributed by atoms with E-state index in [2.05, 4.69) is 9.97 Å². The Morgan fingerprint density at radius 2 is 2.29 bits per heavy atom. The number of carboxylic acid groups (broad SMARTS) is 1. The van der Waals surface area contributed by atoms with Crippen LogP contribution < -0.4 is 5.73 Å². The summed E-state index contributed by atoms with van der Waals surface area (Å²) in [7, 11) is 0. The highest BCUT2D eigenvalue weighted by Crippen LogP contribution is 2.17. The smallest absolute Gasteiger partial charge is 0.307 e. The molecule has 0 radical (unpaired) electrons. The number of hydrogen-bond donors (Lipinski definition) is 2. The van der Waals surface area contributed by atoms with Gasteiger partial charge in [-0.1, -0.05) is 13.8 Å². The summed E-state index contributed by atoms with van der Waals surface area (Å²) in [6.07, 6.45) is 1.42. The van der Waals surface area contributed by atoms with Crippen LogP contribution in [0.5, 0.6) is 0 Å². The van der Waals surface area contributed by atoms with Gasteiger partial charge in [0.1, 0.15) is 0 Å². The van der Waals surface area contributed by atoms with Crippen LogP contribution in [0.1, 0.15) is 31.0 Å². The molecule has 1 heterocycles. The molecule has 1 aromatic heterocycles. The molecule has 76 valence electrons. The zero-order valence-electron chi connectivity index (χ0n) is 8.19. The monoisotopic (exact) mass is 195 g/mol. The number of nitrogen functional groups attached to an aromatic ring is 1. The Labute approximate surface area is 82.0 Å². The first kappa shape index (κ1) is 10.4. The number of carbonyl (C=O) groups is 1.